The van der Waals surface area contributed by atoms with E-state index in [1.54, 1.807) is 13.0 Å². The molecule has 0 aliphatic heterocycles. The number of nitrogens with zero attached hydrogens (tertiary/aromatic N) is 1. The van der Waals surface area contributed by atoms with Gasteiger partial charge >= 0.3 is 0 Å². The Morgan fingerprint density at radius 1 is 1.47 bits per heavy atom. The summed E-state index contributed by atoms with van der Waals surface area (Å²) in [4.78, 5) is 12.9. The summed E-state index contributed by atoms with van der Waals surface area (Å²) in [6, 6.07) is 6.44. The first-order valence-corrected chi connectivity index (χ1v) is 5.13. The van der Waals surface area contributed by atoms with E-state index >= 15 is 0 Å². The predicted octanol–water partition coefficient (Wildman–Crippen LogP) is 2.63. The molecule has 0 spiro atoms. The lowest BCUT2D eigenvalue weighted by atomic mass is 10.2. The van der Waals surface area contributed by atoms with Crippen molar-refractivity contribution in [2.75, 3.05) is 18.0 Å². The van der Waals surface area contributed by atoms with Crippen LogP contribution in [0.25, 0.3) is 0 Å². The molecule has 0 radical (unpaired) electrons. The number of carbonyl (C=O) groups excluding carboxylic acids is 1. The highest BCUT2D eigenvalue weighted by molar-refractivity contribution is 5.76. The number of hydrogen-bond donors (Lipinski definition) is 0. The van der Waals surface area contributed by atoms with Crippen molar-refractivity contribution in [2.45, 2.75) is 20.3 Å². The van der Waals surface area contributed by atoms with Gasteiger partial charge in [-0.25, -0.2) is 4.39 Å². The van der Waals surface area contributed by atoms with Crippen molar-refractivity contribution in [3.05, 3.63) is 30.1 Å². The molecule has 0 fully saturated rings. The lowest BCUT2D eigenvalue weighted by Gasteiger charge is -2.22. The molecule has 0 N–H and O–H groups in total. The summed E-state index contributed by atoms with van der Waals surface area (Å²) >= 11 is 0. The standard InChI is InChI=1S/C12H16FNO/c1-3-14(8-7-10(2)15)12-6-4-5-11(13)9-12/h4-6,9H,3,7-8H2,1-2H3. The Labute approximate surface area is 89.7 Å². The number of hydrogen-bond acceptors (Lipinski definition) is 2. The monoisotopic (exact) mass is 209 g/mol. The summed E-state index contributed by atoms with van der Waals surface area (Å²) in [5.74, 6) is -0.0846. The van der Waals surface area contributed by atoms with Crippen molar-refractivity contribution >= 4 is 11.5 Å². The molecule has 0 saturated carbocycles. The van der Waals surface area contributed by atoms with Crippen LogP contribution in [0.2, 0.25) is 0 Å². The van der Waals surface area contributed by atoms with Crippen molar-refractivity contribution in [1.29, 1.82) is 0 Å². The number of Topliss-reactive ketones (excluding diaryl/α,β-unsaturated/α-hetero) is 1. The summed E-state index contributed by atoms with van der Waals surface area (Å²) in [6.45, 7) is 4.98. The highest BCUT2D eigenvalue weighted by Crippen LogP contribution is 2.15. The molecule has 15 heavy (non-hydrogen) atoms. The minimum atomic E-state index is -0.242. The first-order chi connectivity index (χ1) is 7.13. The van der Waals surface area contributed by atoms with Gasteiger partial charge in [-0.05, 0) is 32.0 Å². The summed E-state index contributed by atoms with van der Waals surface area (Å²) in [5, 5.41) is 0. The van der Waals surface area contributed by atoms with Crippen molar-refractivity contribution in [3.63, 3.8) is 0 Å². The Hall–Kier alpha value is -1.38. The van der Waals surface area contributed by atoms with Crippen LogP contribution in [0, 0.1) is 5.82 Å². The molecule has 0 amide bonds. The van der Waals surface area contributed by atoms with Crippen LogP contribution in [0.3, 0.4) is 0 Å². The van der Waals surface area contributed by atoms with Crippen LogP contribution in [0.15, 0.2) is 24.3 Å². The normalized spacial score (nSPS) is 10.1. The van der Waals surface area contributed by atoms with E-state index in [9.17, 15) is 9.18 Å². The molecule has 2 nitrogen and oxygen atoms in total. The molecular weight excluding hydrogens is 193 g/mol. The first-order valence-electron chi connectivity index (χ1n) is 5.13. The molecule has 0 unspecified atom stereocenters. The highest BCUT2D eigenvalue weighted by Gasteiger charge is 2.05. The van der Waals surface area contributed by atoms with Crippen LogP contribution in [0.4, 0.5) is 10.1 Å². The number of benzene rings is 1. The molecule has 1 aromatic rings. The maximum Gasteiger partial charge on any atom is 0.131 e. The quantitative estimate of drug-likeness (QED) is 0.743. The van der Waals surface area contributed by atoms with Crippen LogP contribution in [-0.2, 0) is 4.79 Å². The number of carbonyl (C=O) groups is 1. The van der Waals surface area contributed by atoms with Crippen LogP contribution >= 0.6 is 0 Å². The van der Waals surface area contributed by atoms with Gasteiger partial charge in [0.1, 0.15) is 11.6 Å². The van der Waals surface area contributed by atoms with Gasteiger partial charge in [0.25, 0.3) is 0 Å². The third-order valence-corrected chi connectivity index (χ3v) is 2.29. The van der Waals surface area contributed by atoms with Gasteiger partial charge in [-0.15, -0.1) is 0 Å². The van der Waals surface area contributed by atoms with Crippen LogP contribution in [-0.4, -0.2) is 18.9 Å². The SMILES string of the molecule is CCN(CCC(C)=O)c1cccc(F)c1. The average molecular weight is 209 g/mol. The van der Waals surface area contributed by atoms with Gasteiger partial charge in [-0.1, -0.05) is 6.07 Å². The van der Waals surface area contributed by atoms with E-state index in [1.165, 1.54) is 12.1 Å². The van der Waals surface area contributed by atoms with E-state index in [2.05, 4.69) is 0 Å². The molecule has 0 aliphatic carbocycles. The first kappa shape index (κ1) is 11.7. The second-order valence-electron chi connectivity index (χ2n) is 3.51. The molecule has 0 saturated heterocycles. The number of anilines is 1. The Morgan fingerprint density at radius 3 is 2.73 bits per heavy atom. The van der Waals surface area contributed by atoms with Crippen LogP contribution in [0.1, 0.15) is 20.3 Å². The fourth-order valence-electron chi connectivity index (χ4n) is 1.44. The zero-order valence-electron chi connectivity index (χ0n) is 9.16. The Balaban J connectivity index is 2.69. The lowest BCUT2D eigenvalue weighted by molar-refractivity contribution is -0.116. The fourth-order valence-corrected chi connectivity index (χ4v) is 1.44. The zero-order valence-corrected chi connectivity index (χ0v) is 9.16. The minimum absolute atomic E-state index is 0.157. The summed E-state index contributed by atoms with van der Waals surface area (Å²) in [5.41, 5.74) is 0.832. The van der Waals surface area contributed by atoms with E-state index in [0.29, 0.717) is 13.0 Å². The van der Waals surface area contributed by atoms with Gasteiger partial charge in [0.15, 0.2) is 0 Å². The molecular formula is C12H16FNO. The molecule has 0 aliphatic rings. The largest absolute Gasteiger partial charge is 0.371 e. The Morgan fingerprint density at radius 2 is 2.20 bits per heavy atom. The summed E-state index contributed by atoms with van der Waals surface area (Å²) in [7, 11) is 0. The Bertz CT molecular complexity index is 338. The highest BCUT2D eigenvalue weighted by atomic mass is 19.1. The van der Waals surface area contributed by atoms with Gasteiger partial charge in [0, 0.05) is 25.2 Å². The number of ketones is 1. The average Bonchev–Trinajstić information content (AvgIpc) is 2.18. The van der Waals surface area contributed by atoms with Crippen LogP contribution < -0.4 is 4.90 Å². The van der Waals surface area contributed by atoms with Crippen molar-refractivity contribution in [3.8, 4) is 0 Å². The lowest BCUT2D eigenvalue weighted by Crippen LogP contribution is -2.25. The van der Waals surface area contributed by atoms with Crippen molar-refractivity contribution in [2.24, 2.45) is 0 Å². The van der Waals surface area contributed by atoms with Gasteiger partial charge in [-0.3, -0.25) is 4.79 Å². The maximum atomic E-state index is 13.0. The van der Waals surface area contributed by atoms with Crippen molar-refractivity contribution in [1.82, 2.24) is 0 Å². The van der Waals surface area contributed by atoms with Gasteiger partial charge in [0.05, 0.1) is 0 Å². The second kappa shape index (κ2) is 5.49. The Kier molecular flexibility index (Phi) is 4.28. The zero-order chi connectivity index (χ0) is 11.3. The van der Waals surface area contributed by atoms with Gasteiger partial charge < -0.3 is 4.90 Å². The van der Waals surface area contributed by atoms with Crippen molar-refractivity contribution < 1.29 is 9.18 Å². The van der Waals surface area contributed by atoms with E-state index in [1.807, 2.05) is 17.9 Å². The summed E-state index contributed by atoms with van der Waals surface area (Å²) < 4.78 is 13.0. The smallest absolute Gasteiger partial charge is 0.131 e. The molecule has 0 heterocycles. The fraction of sp³-hybridized carbons (Fsp3) is 0.417. The molecule has 1 rings (SSSR count). The van der Waals surface area contributed by atoms with E-state index in [0.717, 1.165) is 12.2 Å². The molecule has 3 heteroatoms. The second-order valence-corrected chi connectivity index (χ2v) is 3.51. The van der Waals surface area contributed by atoms with Gasteiger partial charge in [0.2, 0.25) is 0 Å². The van der Waals surface area contributed by atoms with E-state index in [4.69, 9.17) is 0 Å². The third-order valence-electron chi connectivity index (χ3n) is 2.29. The van der Waals surface area contributed by atoms with Gasteiger partial charge in [-0.2, -0.15) is 0 Å². The van der Waals surface area contributed by atoms with Crippen LogP contribution in [0.5, 0.6) is 0 Å². The molecule has 0 atom stereocenters. The minimum Gasteiger partial charge on any atom is -0.371 e. The molecule has 82 valence electrons. The van der Waals surface area contributed by atoms with E-state index in [-0.39, 0.29) is 11.6 Å². The molecule has 1 aromatic carbocycles. The van der Waals surface area contributed by atoms with E-state index < -0.39 is 0 Å². The predicted molar refractivity (Wildman–Crippen MR) is 59.6 cm³/mol. The topological polar surface area (TPSA) is 20.3 Å². The number of rotatable bonds is 5. The molecule has 0 aromatic heterocycles. The summed E-state index contributed by atoms with van der Waals surface area (Å²) in [6.07, 6.45) is 0.504. The molecule has 0 bridgehead atoms. The number of halogens is 1. The maximum absolute atomic E-state index is 13.0. The third kappa shape index (κ3) is 3.70.